The van der Waals surface area contributed by atoms with Crippen LogP contribution in [0.15, 0.2) is 12.1 Å². The predicted molar refractivity (Wildman–Crippen MR) is 64.4 cm³/mol. The molecule has 0 aliphatic carbocycles. The number of ether oxygens (including phenoxy) is 1. The molecule has 0 aliphatic heterocycles. The molecule has 4 N–H and O–H groups in total. The van der Waals surface area contributed by atoms with Crippen LogP contribution < -0.4 is 11.1 Å². The summed E-state index contributed by atoms with van der Waals surface area (Å²) in [5.74, 6) is -1.03. The molecule has 1 rings (SSSR count). The van der Waals surface area contributed by atoms with Crippen LogP contribution in [-0.4, -0.2) is 41.7 Å². The van der Waals surface area contributed by atoms with Crippen molar-refractivity contribution >= 4 is 17.7 Å². The van der Waals surface area contributed by atoms with Crippen molar-refractivity contribution in [1.29, 1.82) is 0 Å². The van der Waals surface area contributed by atoms with E-state index in [1.165, 1.54) is 6.07 Å². The second kappa shape index (κ2) is 6.55. The molecule has 1 heterocycles. The minimum Gasteiger partial charge on any atom is -0.480 e. The Balaban J connectivity index is 2.47. The lowest BCUT2D eigenvalue weighted by Crippen LogP contribution is -2.16. The van der Waals surface area contributed by atoms with Gasteiger partial charge in [0.15, 0.2) is 0 Å². The first-order valence-electron chi connectivity index (χ1n) is 5.31. The molecule has 7 nitrogen and oxygen atoms in total. The van der Waals surface area contributed by atoms with Crippen LogP contribution in [0.2, 0.25) is 0 Å². The molecule has 0 bridgehead atoms. The first kappa shape index (κ1) is 13.9. The summed E-state index contributed by atoms with van der Waals surface area (Å²) in [5.41, 5.74) is 6.22. The second-order valence-electron chi connectivity index (χ2n) is 3.62. The Bertz CT molecular complexity index is 448. The fourth-order valence-electron chi connectivity index (χ4n) is 1.31. The second-order valence-corrected chi connectivity index (χ2v) is 3.62. The van der Waals surface area contributed by atoms with E-state index in [9.17, 15) is 9.59 Å². The summed E-state index contributed by atoms with van der Waals surface area (Å²) in [6.07, 6.45) is 0. The summed E-state index contributed by atoms with van der Waals surface area (Å²) >= 11 is 0. The first-order valence-corrected chi connectivity index (χ1v) is 5.31. The van der Waals surface area contributed by atoms with Gasteiger partial charge in [-0.15, -0.1) is 0 Å². The molecular weight excluding hydrogens is 238 g/mol. The molecule has 0 fully saturated rings. The maximum Gasteiger partial charge on any atom is 0.329 e. The zero-order valence-corrected chi connectivity index (χ0v) is 9.97. The highest BCUT2D eigenvalue weighted by Crippen LogP contribution is 2.09. The predicted octanol–water partition coefficient (Wildman–Crippen LogP) is 0.00202. The van der Waals surface area contributed by atoms with E-state index in [0.717, 1.165) is 0 Å². The number of hydrogen-bond donors (Lipinski definition) is 3. The molecular formula is C11H15N3O4. The summed E-state index contributed by atoms with van der Waals surface area (Å²) < 4.78 is 4.84. The Hall–Kier alpha value is -2.15. The van der Waals surface area contributed by atoms with Crippen LogP contribution in [0.3, 0.4) is 0 Å². The lowest BCUT2D eigenvalue weighted by atomic mass is 10.2. The number of anilines is 1. The van der Waals surface area contributed by atoms with Gasteiger partial charge in [-0.2, -0.15) is 0 Å². The van der Waals surface area contributed by atoms with Crippen LogP contribution in [0.1, 0.15) is 16.1 Å². The normalized spacial score (nSPS) is 10.1. The fraction of sp³-hybridized carbons (Fsp3) is 0.364. The highest BCUT2D eigenvalue weighted by molar-refractivity contribution is 5.93. The Labute approximate surface area is 104 Å². The van der Waals surface area contributed by atoms with E-state index in [4.69, 9.17) is 15.6 Å². The van der Waals surface area contributed by atoms with E-state index >= 15 is 0 Å². The number of nitrogens with two attached hydrogens (primary N) is 1. The maximum atomic E-state index is 11.0. The van der Waals surface area contributed by atoms with Crippen LogP contribution in [-0.2, 0) is 9.53 Å². The van der Waals surface area contributed by atoms with Gasteiger partial charge in [-0.25, -0.2) is 9.78 Å². The number of carboxylic acid groups (broad SMARTS) is 1. The number of carboxylic acids is 1. The van der Waals surface area contributed by atoms with Gasteiger partial charge in [0.2, 0.25) is 5.91 Å². The molecule has 0 saturated heterocycles. The van der Waals surface area contributed by atoms with Crippen molar-refractivity contribution in [2.75, 3.05) is 25.1 Å². The number of carbonyl (C=O) groups excluding carboxylic acids is 1. The molecule has 1 aromatic rings. The number of rotatable bonds is 7. The minimum absolute atomic E-state index is 0.230. The van der Waals surface area contributed by atoms with E-state index in [2.05, 4.69) is 10.3 Å². The van der Waals surface area contributed by atoms with Gasteiger partial charge in [0.1, 0.15) is 12.4 Å². The third-order valence-corrected chi connectivity index (χ3v) is 2.02. The molecule has 0 atom stereocenters. The Morgan fingerprint density at radius 3 is 2.83 bits per heavy atom. The molecule has 0 aromatic carbocycles. The van der Waals surface area contributed by atoms with Gasteiger partial charge in [0.25, 0.3) is 0 Å². The number of primary amides is 1. The Morgan fingerprint density at radius 1 is 1.50 bits per heavy atom. The average molecular weight is 253 g/mol. The van der Waals surface area contributed by atoms with Gasteiger partial charge < -0.3 is 20.9 Å². The van der Waals surface area contributed by atoms with Crippen molar-refractivity contribution < 1.29 is 19.4 Å². The summed E-state index contributed by atoms with van der Waals surface area (Å²) in [5, 5.41) is 11.3. The minimum atomic E-state index is -1.01. The fourth-order valence-corrected chi connectivity index (χ4v) is 1.31. The number of nitrogens with zero attached hydrogens (tertiary/aromatic N) is 1. The van der Waals surface area contributed by atoms with E-state index in [-0.39, 0.29) is 13.2 Å². The molecule has 18 heavy (non-hydrogen) atoms. The van der Waals surface area contributed by atoms with Crippen LogP contribution in [0.25, 0.3) is 0 Å². The van der Waals surface area contributed by atoms with Gasteiger partial charge in [-0.05, 0) is 19.1 Å². The highest BCUT2D eigenvalue weighted by Gasteiger charge is 2.04. The molecule has 0 aliphatic rings. The highest BCUT2D eigenvalue weighted by atomic mass is 16.5. The van der Waals surface area contributed by atoms with Crippen LogP contribution in [0.4, 0.5) is 5.82 Å². The quantitative estimate of drug-likeness (QED) is 0.589. The zero-order valence-electron chi connectivity index (χ0n) is 9.97. The number of carbonyl (C=O) groups is 2. The van der Waals surface area contributed by atoms with Gasteiger partial charge in [0.05, 0.1) is 6.61 Å². The lowest BCUT2D eigenvalue weighted by Gasteiger charge is -2.07. The summed E-state index contributed by atoms with van der Waals surface area (Å²) in [4.78, 5) is 25.4. The Morgan fingerprint density at radius 2 is 2.22 bits per heavy atom. The third kappa shape index (κ3) is 4.79. The third-order valence-electron chi connectivity index (χ3n) is 2.02. The van der Waals surface area contributed by atoms with E-state index in [1.807, 2.05) is 0 Å². The maximum absolute atomic E-state index is 11.0. The number of pyridine rings is 1. The van der Waals surface area contributed by atoms with Crippen molar-refractivity contribution in [3.63, 3.8) is 0 Å². The van der Waals surface area contributed by atoms with Crippen LogP contribution >= 0.6 is 0 Å². The summed E-state index contributed by atoms with van der Waals surface area (Å²) in [6, 6.07) is 3.13. The van der Waals surface area contributed by atoms with E-state index < -0.39 is 11.9 Å². The molecule has 0 radical (unpaired) electrons. The monoisotopic (exact) mass is 253 g/mol. The SMILES string of the molecule is Cc1cc(C(N)=O)cc(NCCOCC(=O)O)n1. The van der Waals surface area contributed by atoms with E-state index in [1.54, 1.807) is 13.0 Å². The smallest absolute Gasteiger partial charge is 0.329 e. The molecule has 0 unspecified atom stereocenters. The number of amides is 1. The number of aryl methyl sites for hydroxylation is 1. The number of nitrogens with one attached hydrogen (secondary N) is 1. The standard InChI is InChI=1S/C11H15N3O4/c1-7-4-8(11(12)17)5-9(14-7)13-2-3-18-6-10(15)16/h4-5H,2-3,6H2,1H3,(H2,12,17)(H,13,14)(H,15,16). The largest absolute Gasteiger partial charge is 0.480 e. The number of aliphatic carboxylic acids is 1. The lowest BCUT2D eigenvalue weighted by molar-refractivity contribution is -0.142. The summed E-state index contributed by atoms with van der Waals surface area (Å²) in [6.45, 7) is 2.03. The molecule has 1 aromatic heterocycles. The van der Waals surface area contributed by atoms with Gasteiger partial charge >= 0.3 is 5.97 Å². The number of hydrogen-bond acceptors (Lipinski definition) is 5. The van der Waals surface area contributed by atoms with Crippen LogP contribution in [0.5, 0.6) is 0 Å². The van der Waals surface area contributed by atoms with Crippen LogP contribution in [0, 0.1) is 6.92 Å². The van der Waals surface area contributed by atoms with Crippen molar-refractivity contribution in [3.8, 4) is 0 Å². The van der Waals surface area contributed by atoms with Crippen molar-refractivity contribution in [1.82, 2.24) is 4.98 Å². The van der Waals surface area contributed by atoms with Crippen molar-refractivity contribution in [3.05, 3.63) is 23.4 Å². The van der Waals surface area contributed by atoms with E-state index in [0.29, 0.717) is 23.6 Å². The Kier molecular flexibility index (Phi) is 5.06. The van der Waals surface area contributed by atoms with Gasteiger partial charge in [0, 0.05) is 17.8 Å². The summed E-state index contributed by atoms with van der Waals surface area (Å²) in [7, 11) is 0. The molecule has 7 heteroatoms. The van der Waals surface area contributed by atoms with Crippen molar-refractivity contribution in [2.24, 2.45) is 5.73 Å². The van der Waals surface area contributed by atoms with Gasteiger partial charge in [-0.1, -0.05) is 0 Å². The molecule has 0 spiro atoms. The van der Waals surface area contributed by atoms with Crippen molar-refractivity contribution in [2.45, 2.75) is 6.92 Å². The topological polar surface area (TPSA) is 115 Å². The average Bonchev–Trinajstić information content (AvgIpc) is 2.27. The van der Waals surface area contributed by atoms with Gasteiger partial charge in [-0.3, -0.25) is 4.79 Å². The first-order chi connectivity index (χ1) is 8.49. The number of aromatic nitrogens is 1. The molecule has 0 saturated carbocycles. The molecule has 1 amide bonds. The zero-order chi connectivity index (χ0) is 13.5. The molecule has 98 valence electrons.